The van der Waals surface area contributed by atoms with Gasteiger partial charge in [-0.15, -0.1) is 0 Å². The summed E-state index contributed by atoms with van der Waals surface area (Å²) in [5.41, 5.74) is -4.12. The lowest BCUT2D eigenvalue weighted by atomic mass is 9.44. The number of carbonyl (C=O) groups is 2. The van der Waals surface area contributed by atoms with E-state index in [2.05, 4.69) is 0 Å². The molecule has 4 aliphatic rings. The van der Waals surface area contributed by atoms with E-state index in [-0.39, 0.29) is 23.9 Å². The topological polar surface area (TPSA) is 74.6 Å². The standard InChI is InChI=1S/C21H29FO4/c1-12(23)20(26)9-7-15-16-5-4-13-10-14(24)6-8-18(13,2)21(16,22)17(25)11-19(15,20)3/h10,15-17,25-26H,4-9,11H2,1-3H3/t15-,16-,17-,18-,19+,20-,21?/m1/s1. The number of ketones is 2. The molecule has 4 nitrogen and oxygen atoms in total. The van der Waals surface area contributed by atoms with Crippen LogP contribution in [0, 0.1) is 22.7 Å². The van der Waals surface area contributed by atoms with E-state index in [0.29, 0.717) is 38.5 Å². The van der Waals surface area contributed by atoms with Crippen molar-refractivity contribution in [2.75, 3.05) is 0 Å². The monoisotopic (exact) mass is 364 g/mol. The molecule has 0 aromatic carbocycles. The highest BCUT2D eigenvalue weighted by Crippen LogP contribution is 2.70. The summed E-state index contributed by atoms with van der Waals surface area (Å²) in [7, 11) is 0. The average molecular weight is 364 g/mol. The zero-order valence-electron chi connectivity index (χ0n) is 15.8. The van der Waals surface area contributed by atoms with Crippen LogP contribution >= 0.6 is 0 Å². The van der Waals surface area contributed by atoms with Gasteiger partial charge in [0, 0.05) is 23.2 Å². The van der Waals surface area contributed by atoms with E-state index in [1.165, 1.54) is 6.92 Å². The van der Waals surface area contributed by atoms with Gasteiger partial charge in [0.05, 0.1) is 6.10 Å². The van der Waals surface area contributed by atoms with Crippen LogP contribution in [0.15, 0.2) is 11.6 Å². The van der Waals surface area contributed by atoms with Crippen LogP contribution in [0.5, 0.6) is 0 Å². The first kappa shape index (κ1) is 18.3. The quantitative estimate of drug-likeness (QED) is 0.750. The molecule has 2 N–H and O–H groups in total. The number of halogens is 1. The first-order valence-corrected chi connectivity index (χ1v) is 9.85. The Bertz CT molecular complexity index is 717. The van der Waals surface area contributed by atoms with Crippen LogP contribution in [-0.4, -0.2) is 39.2 Å². The molecule has 0 heterocycles. The lowest BCUT2D eigenvalue weighted by molar-refractivity contribution is -0.225. The number of fused-ring (bicyclic) bond motifs is 5. The molecule has 0 bridgehead atoms. The highest BCUT2D eigenvalue weighted by atomic mass is 19.1. The van der Waals surface area contributed by atoms with Gasteiger partial charge in [0.1, 0.15) is 11.3 Å². The van der Waals surface area contributed by atoms with Crippen molar-refractivity contribution in [3.05, 3.63) is 11.6 Å². The highest BCUT2D eigenvalue weighted by molar-refractivity contribution is 5.91. The van der Waals surface area contributed by atoms with E-state index in [1.54, 1.807) is 6.08 Å². The molecule has 7 atom stereocenters. The second-order valence-corrected chi connectivity index (χ2v) is 9.58. The Kier molecular flexibility index (Phi) is 3.70. The number of hydrogen-bond donors (Lipinski definition) is 2. The fraction of sp³-hybridized carbons (Fsp3) is 0.810. The maximum atomic E-state index is 16.8. The number of rotatable bonds is 1. The third kappa shape index (κ3) is 1.86. The molecule has 0 aromatic heterocycles. The number of carbonyl (C=O) groups excluding carboxylic acids is 2. The van der Waals surface area contributed by atoms with E-state index in [4.69, 9.17) is 0 Å². The van der Waals surface area contributed by atoms with Crippen molar-refractivity contribution in [3.63, 3.8) is 0 Å². The van der Waals surface area contributed by atoms with E-state index in [1.807, 2.05) is 13.8 Å². The molecule has 0 aromatic rings. The van der Waals surface area contributed by atoms with E-state index in [0.717, 1.165) is 5.57 Å². The first-order valence-electron chi connectivity index (χ1n) is 9.85. The molecule has 4 aliphatic carbocycles. The summed E-state index contributed by atoms with van der Waals surface area (Å²) in [4.78, 5) is 24.1. The van der Waals surface area contributed by atoms with Crippen LogP contribution in [0.3, 0.4) is 0 Å². The molecular weight excluding hydrogens is 335 g/mol. The molecule has 0 spiro atoms. The van der Waals surface area contributed by atoms with Gasteiger partial charge in [0.15, 0.2) is 11.6 Å². The predicted molar refractivity (Wildman–Crippen MR) is 94.1 cm³/mol. The Morgan fingerprint density at radius 3 is 2.54 bits per heavy atom. The largest absolute Gasteiger partial charge is 0.390 e. The van der Waals surface area contributed by atoms with Crippen molar-refractivity contribution in [1.29, 1.82) is 0 Å². The summed E-state index contributed by atoms with van der Waals surface area (Å²) in [6, 6.07) is 0. The molecule has 0 aliphatic heterocycles. The minimum absolute atomic E-state index is 0.0430. The summed E-state index contributed by atoms with van der Waals surface area (Å²) in [5, 5.41) is 22.2. The maximum Gasteiger partial charge on any atom is 0.161 e. The highest BCUT2D eigenvalue weighted by Gasteiger charge is 2.73. The van der Waals surface area contributed by atoms with Gasteiger partial charge in [-0.2, -0.15) is 0 Å². The van der Waals surface area contributed by atoms with Crippen molar-refractivity contribution in [2.24, 2.45) is 22.7 Å². The van der Waals surface area contributed by atoms with Crippen LogP contribution < -0.4 is 0 Å². The van der Waals surface area contributed by atoms with Crippen molar-refractivity contribution in [3.8, 4) is 0 Å². The molecule has 0 radical (unpaired) electrons. The van der Waals surface area contributed by atoms with Crippen LogP contribution in [-0.2, 0) is 9.59 Å². The molecule has 0 amide bonds. The molecule has 3 fully saturated rings. The van der Waals surface area contributed by atoms with Crippen molar-refractivity contribution in [1.82, 2.24) is 0 Å². The second-order valence-electron chi connectivity index (χ2n) is 9.58. The van der Waals surface area contributed by atoms with E-state index >= 15 is 4.39 Å². The SMILES string of the molecule is CC(=O)[C@]1(O)CC[C@@H]2[C@H]3CCC4=CC(=O)CC[C@@]4(C)C3(F)[C@H](O)C[C@@]21C. The fourth-order valence-corrected chi connectivity index (χ4v) is 7.15. The number of allylic oxidation sites excluding steroid dienone is 1. The lowest BCUT2D eigenvalue weighted by Gasteiger charge is -2.63. The van der Waals surface area contributed by atoms with Crippen LogP contribution in [0.2, 0.25) is 0 Å². The van der Waals surface area contributed by atoms with Gasteiger partial charge in [0.2, 0.25) is 0 Å². The minimum Gasteiger partial charge on any atom is -0.390 e. The number of hydrogen-bond acceptors (Lipinski definition) is 4. The van der Waals surface area contributed by atoms with Gasteiger partial charge in [0.25, 0.3) is 0 Å². The van der Waals surface area contributed by atoms with Crippen LogP contribution in [0.25, 0.3) is 0 Å². The summed E-state index contributed by atoms with van der Waals surface area (Å²) < 4.78 is 16.8. The molecule has 3 saturated carbocycles. The number of aliphatic hydroxyl groups excluding tert-OH is 1. The van der Waals surface area contributed by atoms with Gasteiger partial charge in [-0.1, -0.05) is 19.4 Å². The number of alkyl halides is 1. The van der Waals surface area contributed by atoms with Crippen LogP contribution in [0.4, 0.5) is 4.39 Å². The molecule has 144 valence electrons. The average Bonchev–Trinajstić information content (AvgIpc) is 2.83. The summed E-state index contributed by atoms with van der Waals surface area (Å²) >= 11 is 0. The third-order valence-corrected chi connectivity index (χ3v) is 8.78. The third-order valence-electron chi connectivity index (χ3n) is 8.78. The Balaban J connectivity index is 1.82. The normalized spacial score (nSPS) is 53.4. The van der Waals surface area contributed by atoms with Gasteiger partial charge in [-0.25, -0.2) is 4.39 Å². The van der Waals surface area contributed by atoms with Gasteiger partial charge >= 0.3 is 0 Å². The van der Waals surface area contributed by atoms with Gasteiger partial charge < -0.3 is 10.2 Å². The van der Waals surface area contributed by atoms with Crippen molar-refractivity contribution in [2.45, 2.75) is 83.1 Å². The molecule has 5 heteroatoms. The van der Waals surface area contributed by atoms with Crippen molar-refractivity contribution >= 4 is 11.6 Å². The molecule has 4 rings (SSSR count). The minimum atomic E-state index is -1.82. The van der Waals surface area contributed by atoms with Gasteiger partial charge in [-0.05, 0) is 57.4 Å². The van der Waals surface area contributed by atoms with Crippen LogP contribution in [0.1, 0.15) is 65.7 Å². The molecule has 26 heavy (non-hydrogen) atoms. The maximum absolute atomic E-state index is 16.8. The Hall–Kier alpha value is -1.07. The summed E-state index contributed by atoms with van der Waals surface area (Å²) in [6.45, 7) is 5.11. The first-order chi connectivity index (χ1) is 12.0. The lowest BCUT2D eigenvalue weighted by Crippen LogP contribution is -2.69. The fourth-order valence-electron chi connectivity index (χ4n) is 7.15. The smallest absolute Gasteiger partial charge is 0.161 e. The molecular formula is C21H29FO4. The Labute approximate surface area is 153 Å². The number of aliphatic hydroxyl groups is 2. The zero-order valence-corrected chi connectivity index (χ0v) is 15.8. The molecule has 1 unspecified atom stereocenters. The Morgan fingerprint density at radius 2 is 1.88 bits per heavy atom. The Morgan fingerprint density at radius 1 is 1.19 bits per heavy atom. The molecule has 0 saturated heterocycles. The second kappa shape index (κ2) is 5.26. The number of Topliss-reactive ketones (excluding diaryl/α,β-unsaturated/α-hetero) is 1. The van der Waals surface area contributed by atoms with E-state index < -0.39 is 34.1 Å². The summed E-state index contributed by atoms with van der Waals surface area (Å²) in [6.07, 6.45) is 3.29. The zero-order chi connectivity index (χ0) is 19.1. The van der Waals surface area contributed by atoms with Crippen molar-refractivity contribution < 1.29 is 24.2 Å². The van der Waals surface area contributed by atoms with Gasteiger partial charge in [-0.3, -0.25) is 9.59 Å². The summed E-state index contributed by atoms with van der Waals surface area (Å²) in [5.74, 6) is -0.783. The van der Waals surface area contributed by atoms with E-state index in [9.17, 15) is 19.8 Å². The predicted octanol–water partition coefficient (Wildman–Crippen LogP) is 2.90.